The van der Waals surface area contributed by atoms with E-state index in [0.29, 0.717) is 6.54 Å². The van der Waals surface area contributed by atoms with E-state index >= 15 is 0 Å². The maximum absolute atomic E-state index is 5.86. The highest BCUT2D eigenvalue weighted by atomic mass is 16.5. The Bertz CT molecular complexity index is 739. The summed E-state index contributed by atoms with van der Waals surface area (Å²) in [5.74, 6) is 1.69. The van der Waals surface area contributed by atoms with Crippen LogP contribution in [0, 0.1) is 0 Å². The molecule has 0 bridgehead atoms. The van der Waals surface area contributed by atoms with Crippen LogP contribution in [0.4, 0.5) is 0 Å². The van der Waals surface area contributed by atoms with Gasteiger partial charge in [0.1, 0.15) is 11.5 Å². The van der Waals surface area contributed by atoms with Gasteiger partial charge in [-0.05, 0) is 30.7 Å². The molecule has 6 heteroatoms. The van der Waals surface area contributed by atoms with Crippen LogP contribution in [-0.2, 0) is 11.3 Å². The van der Waals surface area contributed by atoms with E-state index in [1.165, 1.54) is 0 Å². The number of rotatable bonds is 5. The number of H-pyrrole nitrogens is 1. The third kappa shape index (κ3) is 3.04. The second-order valence-electron chi connectivity index (χ2n) is 5.59. The molecule has 0 aromatic carbocycles. The molecule has 3 aromatic rings. The maximum Gasteiger partial charge on any atom is 0.152 e. The Morgan fingerprint density at radius 2 is 2.22 bits per heavy atom. The Labute approximate surface area is 133 Å². The van der Waals surface area contributed by atoms with Crippen LogP contribution in [0.3, 0.4) is 0 Å². The average molecular weight is 310 g/mol. The van der Waals surface area contributed by atoms with Crippen molar-refractivity contribution in [3.8, 4) is 11.5 Å². The van der Waals surface area contributed by atoms with E-state index in [4.69, 9.17) is 9.15 Å². The highest BCUT2D eigenvalue weighted by molar-refractivity contribution is 5.51. The SMILES string of the molecule is c1cncc([C@H]2OCC[C@@H]2NCc2ccc(-c3ccn[nH]3)o2)c1. The number of nitrogens with zero attached hydrogens (tertiary/aromatic N) is 2. The fourth-order valence-electron chi connectivity index (χ4n) is 2.91. The van der Waals surface area contributed by atoms with E-state index in [2.05, 4.69) is 26.6 Å². The van der Waals surface area contributed by atoms with Crippen molar-refractivity contribution in [1.82, 2.24) is 20.5 Å². The molecule has 0 unspecified atom stereocenters. The highest BCUT2D eigenvalue weighted by Gasteiger charge is 2.29. The van der Waals surface area contributed by atoms with Gasteiger partial charge >= 0.3 is 0 Å². The first-order valence-electron chi connectivity index (χ1n) is 7.73. The van der Waals surface area contributed by atoms with E-state index in [1.807, 2.05) is 30.5 Å². The van der Waals surface area contributed by atoms with Gasteiger partial charge in [0, 0.05) is 36.8 Å². The van der Waals surface area contributed by atoms with Gasteiger partial charge in [-0.25, -0.2) is 0 Å². The van der Waals surface area contributed by atoms with Gasteiger partial charge in [0.2, 0.25) is 0 Å². The van der Waals surface area contributed by atoms with Crippen molar-refractivity contribution in [3.05, 3.63) is 60.2 Å². The highest BCUT2D eigenvalue weighted by Crippen LogP contribution is 2.29. The van der Waals surface area contributed by atoms with Gasteiger partial charge in [-0.1, -0.05) is 6.07 Å². The van der Waals surface area contributed by atoms with Gasteiger partial charge in [-0.15, -0.1) is 0 Å². The summed E-state index contributed by atoms with van der Waals surface area (Å²) >= 11 is 0. The monoisotopic (exact) mass is 310 g/mol. The van der Waals surface area contributed by atoms with Crippen LogP contribution in [0.2, 0.25) is 0 Å². The number of aromatic amines is 1. The Morgan fingerprint density at radius 1 is 1.22 bits per heavy atom. The molecule has 0 saturated carbocycles. The molecule has 0 aliphatic carbocycles. The number of nitrogens with one attached hydrogen (secondary N) is 2. The molecule has 23 heavy (non-hydrogen) atoms. The molecule has 1 aliphatic heterocycles. The molecule has 1 fully saturated rings. The van der Waals surface area contributed by atoms with Crippen LogP contribution in [-0.4, -0.2) is 27.8 Å². The van der Waals surface area contributed by atoms with E-state index in [9.17, 15) is 0 Å². The largest absolute Gasteiger partial charge is 0.458 e. The first-order chi connectivity index (χ1) is 11.4. The predicted octanol–water partition coefficient (Wildman–Crippen LogP) is 2.68. The smallest absolute Gasteiger partial charge is 0.152 e. The summed E-state index contributed by atoms with van der Waals surface area (Å²) in [5.41, 5.74) is 1.99. The minimum atomic E-state index is 0.0470. The second kappa shape index (κ2) is 6.36. The Kier molecular flexibility index (Phi) is 3.92. The van der Waals surface area contributed by atoms with Crippen molar-refractivity contribution in [1.29, 1.82) is 0 Å². The molecule has 0 spiro atoms. The average Bonchev–Trinajstić information content (AvgIpc) is 3.33. The van der Waals surface area contributed by atoms with Crippen molar-refractivity contribution in [3.63, 3.8) is 0 Å². The number of pyridine rings is 1. The first-order valence-corrected chi connectivity index (χ1v) is 7.73. The lowest BCUT2D eigenvalue weighted by atomic mass is 10.0. The number of hydrogen-bond donors (Lipinski definition) is 2. The lowest BCUT2D eigenvalue weighted by Crippen LogP contribution is -2.31. The summed E-state index contributed by atoms with van der Waals surface area (Å²) in [7, 11) is 0. The molecule has 6 nitrogen and oxygen atoms in total. The summed E-state index contributed by atoms with van der Waals surface area (Å²) in [4.78, 5) is 4.18. The van der Waals surface area contributed by atoms with Crippen LogP contribution >= 0.6 is 0 Å². The topological polar surface area (TPSA) is 76.0 Å². The van der Waals surface area contributed by atoms with E-state index in [-0.39, 0.29) is 12.1 Å². The Balaban J connectivity index is 1.41. The summed E-state index contributed by atoms with van der Waals surface area (Å²) in [5, 5.41) is 10.4. The van der Waals surface area contributed by atoms with Crippen molar-refractivity contribution in [2.75, 3.05) is 6.61 Å². The molecule has 4 heterocycles. The zero-order valence-electron chi connectivity index (χ0n) is 12.6. The fraction of sp³-hybridized carbons (Fsp3) is 0.294. The van der Waals surface area contributed by atoms with Gasteiger partial charge in [-0.3, -0.25) is 10.1 Å². The van der Waals surface area contributed by atoms with Crippen LogP contribution in [0.25, 0.3) is 11.5 Å². The fourth-order valence-corrected chi connectivity index (χ4v) is 2.91. The Morgan fingerprint density at radius 3 is 3.04 bits per heavy atom. The van der Waals surface area contributed by atoms with Crippen molar-refractivity contribution >= 4 is 0 Å². The molecule has 1 saturated heterocycles. The molecule has 0 radical (unpaired) electrons. The minimum Gasteiger partial charge on any atom is -0.458 e. The summed E-state index contributed by atoms with van der Waals surface area (Å²) < 4.78 is 11.7. The van der Waals surface area contributed by atoms with Gasteiger partial charge in [0.05, 0.1) is 12.6 Å². The summed E-state index contributed by atoms with van der Waals surface area (Å²) in [6.45, 7) is 1.42. The standard InChI is InChI=1S/C17H18N4O2/c1-2-12(10-18-7-1)17-15(6-9-22-17)19-11-13-3-4-16(23-13)14-5-8-20-21-14/h1-5,7-8,10,15,17,19H,6,9,11H2,(H,20,21)/t15-,17+/m0/s1. The molecule has 1 aliphatic rings. The third-order valence-electron chi connectivity index (χ3n) is 4.07. The van der Waals surface area contributed by atoms with Crippen LogP contribution in [0.15, 0.2) is 53.3 Å². The minimum absolute atomic E-state index is 0.0470. The van der Waals surface area contributed by atoms with Gasteiger partial charge in [0.25, 0.3) is 0 Å². The third-order valence-corrected chi connectivity index (χ3v) is 4.07. The molecular weight excluding hydrogens is 292 g/mol. The normalized spacial score (nSPS) is 20.9. The predicted molar refractivity (Wildman–Crippen MR) is 84.5 cm³/mol. The van der Waals surface area contributed by atoms with Gasteiger partial charge in [0.15, 0.2) is 5.76 Å². The lowest BCUT2D eigenvalue weighted by Gasteiger charge is -2.19. The number of hydrogen-bond acceptors (Lipinski definition) is 5. The maximum atomic E-state index is 5.86. The number of aromatic nitrogens is 3. The molecule has 2 N–H and O–H groups in total. The van der Waals surface area contributed by atoms with E-state index < -0.39 is 0 Å². The second-order valence-corrected chi connectivity index (χ2v) is 5.59. The first kappa shape index (κ1) is 14.2. The summed E-state index contributed by atoms with van der Waals surface area (Å²) in [6.07, 6.45) is 6.39. The van der Waals surface area contributed by atoms with Crippen molar-refractivity contribution < 1.29 is 9.15 Å². The Hall–Kier alpha value is -2.44. The molecular formula is C17H18N4O2. The quantitative estimate of drug-likeness (QED) is 0.758. The molecule has 4 rings (SSSR count). The van der Waals surface area contributed by atoms with Gasteiger partial charge in [-0.2, -0.15) is 5.10 Å². The number of ether oxygens (including phenoxy) is 1. The molecule has 3 aromatic heterocycles. The molecule has 118 valence electrons. The van der Waals surface area contributed by atoms with Gasteiger partial charge < -0.3 is 14.5 Å². The lowest BCUT2D eigenvalue weighted by molar-refractivity contribution is 0.0978. The molecule has 0 amide bonds. The van der Waals surface area contributed by atoms with Crippen LogP contribution < -0.4 is 5.32 Å². The number of furan rings is 1. The zero-order valence-corrected chi connectivity index (χ0v) is 12.6. The zero-order chi connectivity index (χ0) is 15.5. The van der Waals surface area contributed by atoms with E-state index in [0.717, 1.165) is 35.8 Å². The van der Waals surface area contributed by atoms with E-state index in [1.54, 1.807) is 12.4 Å². The summed E-state index contributed by atoms with van der Waals surface area (Å²) in [6, 6.07) is 10.1. The van der Waals surface area contributed by atoms with Crippen molar-refractivity contribution in [2.24, 2.45) is 0 Å². The van der Waals surface area contributed by atoms with Crippen LogP contribution in [0.1, 0.15) is 23.8 Å². The molecule has 2 atom stereocenters. The van der Waals surface area contributed by atoms with Crippen molar-refractivity contribution in [2.45, 2.75) is 25.1 Å². The van der Waals surface area contributed by atoms with Crippen LogP contribution in [0.5, 0.6) is 0 Å².